The van der Waals surface area contributed by atoms with Gasteiger partial charge in [-0.25, -0.2) is 5.10 Å². The van der Waals surface area contributed by atoms with E-state index in [9.17, 15) is 9.59 Å². The van der Waals surface area contributed by atoms with Crippen LogP contribution in [0.25, 0.3) is 5.57 Å². The molecule has 2 unspecified atom stereocenters. The molecule has 2 fully saturated rings. The van der Waals surface area contributed by atoms with Crippen molar-refractivity contribution in [3.63, 3.8) is 0 Å². The third kappa shape index (κ3) is 3.22. The zero-order valence-electron chi connectivity index (χ0n) is 16.4. The number of rotatable bonds is 5. The summed E-state index contributed by atoms with van der Waals surface area (Å²) in [6.45, 7) is 6.18. The van der Waals surface area contributed by atoms with Crippen molar-refractivity contribution in [1.82, 2.24) is 30.8 Å². The van der Waals surface area contributed by atoms with Crippen molar-refractivity contribution in [2.75, 3.05) is 6.54 Å². The van der Waals surface area contributed by atoms with E-state index < -0.39 is 6.04 Å². The summed E-state index contributed by atoms with van der Waals surface area (Å²) < 4.78 is -0.299. The van der Waals surface area contributed by atoms with Crippen molar-refractivity contribution in [2.45, 2.75) is 43.0 Å². The summed E-state index contributed by atoms with van der Waals surface area (Å²) in [5, 5.41) is 16.8. The minimum atomic E-state index is -0.600. The van der Waals surface area contributed by atoms with E-state index in [4.69, 9.17) is 5.73 Å². The minimum Gasteiger partial charge on any atom is -0.338 e. The number of benzene rings is 1. The molecule has 2 aromatic rings. The number of thioether (sulfide) groups is 1. The third-order valence-electron chi connectivity index (χ3n) is 5.37. The first-order valence-electron chi connectivity index (χ1n) is 9.35. The first-order chi connectivity index (χ1) is 13.8. The quantitative estimate of drug-likeness (QED) is 0.489. The fourth-order valence-electron chi connectivity index (χ4n) is 3.96. The normalized spacial score (nSPS) is 25.9. The molecule has 10 heteroatoms. The Morgan fingerprint density at radius 1 is 1.34 bits per heavy atom. The molecule has 3 heterocycles. The topological polar surface area (TPSA) is 130 Å². The molecule has 1 aromatic carbocycles. The minimum absolute atomic E-state index is 0.138. The van der Waals surface area contributed by atoms with Gasteiger partial charge in [-0.1, -0.05) is 30.3 Å². The summed E-state index contributed by atoms with van der Waals surface area (Å²) in [6, 6.07) is 8.48. The highest BCUT2D eigenvalue weighted by Gasteiger charge is 2.63. The highest BCUT2D eigenvalue weighted by Crippen LogP contribution is 2.56. The molecule has 1 aromatic heterocycles. The van der Waals surface area contributed by atoms with Gasteiger partial charge >= 0.3 is 0 Å². The molecule has 9 nitrogen and oxygen atoms in total. The van der Waals surface area contributed by atoms with Crippen molar-refractivity contribution < 1.29 is 9.59 Å². The van der Waals surface area contributed by atoms with Gasteiger partial charge < -0.3 is 16.0 Å². The van der Waals surface area contributed by atoms with Crippen molar-refractivity contribution in [1.29, 1.82) is 0 Å². The number of hydrogen-bond donors (Lipinski definition) is 3. The fourth-order valence-corrected chi connectivity index (χ4v) is 5.60. The maximum Gasteiger partial charge on any atom is 0.252 e. The number of aromatic amines is 1. The van der Waals surface area contributed by atoms with Crippen LogP contribution in [0.2, 0.25) is 0 Å². The SMILES string of the molecule is CC(CN)=C(C(=O)NC1C(=O)N2C(c3nnn[nH]3)C(C)(C)S[C@H]12)c1ccccc1. The van der Waals surface area contributed by atoms with E-state index in [0.29, 0.717) is 11.4 Å². The lowest BCUT2D eigenvalue weighted by atomic mass is 9.94. The van der Waals surface area contributed by atoms with Gasteiger partial charge in [-0.2, -0.15) is 0 Å². The Morgan fingerprint density at radius 2 is 2.07 bits per heavy atom. The van der Waals surface area contributed by atoms with Crippen LogP contribution in [0.3, 0.4) is 0 Å². The van der Waals surface area contributed by atoms with E-state index in [0.717, 1.165) is 11.1 Å². The van der Waals surface area contributed by atoms with Crippen LogP contribution in [0.4, 0.5) is 0 Å². The number of amides is 2. The molecule has 0 radical (unpaired) electrons. The van der Waals surface area contributed by atoms with Crippen molar-refractivity contribution in [3.8, 4) is 0 Å². The standard InChI is InChI=1S/C19H23N7O2S/c1-10(9-20)12(11-7-5-4-6-8-11)16(27)21-13-17(28)26-14(15-22-24-25-23-15)19(2,3)29-18(13)26/h4-8,13-14,18H,9,20H2,1-3H3,(H,21,27)(H,22,23,24,25)/t13?,14?,18-/m1/s1. The van der Waals surface area contributed by atoms with Crippen LogP contribution < -0.4 is 11.1 Å². The van der Waals surface area contributed by atoms with E-state index >= 15 is 0 Å². The largest absolute Gasteiger partial charge is 0.338 e. The number of hydrogen-bond acceptors (Lipinski definition) is 7. The number of nitrogens with two attached hydrogens (primary N) is 1. The highest BCUT2D eigenvalue weighted by atomic mass is 32.2. The zero-order valence-corrected chi connectivity index (χ0v) is 17.2. The Balaban J connectivity index is 1.57. The maximum absolute atomic E-state index is 13.1. The molecule has 0 aliphatic carbocycles. The van der Waals surface area contributed by atoms with Gasteiger partial charge in [-0.05, 0) is 42.3 Å². The first-order valence-corrected chi connectivity index (χ1v) is 10.2. The van der Waals surface area contributed by atoms with Gasteiger partial charge in [0.05, 0.1) is 0 Å². The second-order valence-corrected chi connectivity index (χ2v) is 9.49. The van der Waals surface area contributed by atoms with Gasteiger partial charge in [0.25, 0.3) is 5.91 Å². The molecule has 0 saturated carbocycles. The summed E-state index contributed by atoms with van der Waals surface area (Å²) in [5.74, 6) is 0.118. The van der Waals surface area contributed by atoms with Gasteiger partial charge in [0.1, 0.15) is 17.5 Å². The molecule has 2 aliphatic rings. The van der Waals surface area contributed by atoms with Crippen molar-refractivity contribution in [2.24, 2.45) is 5.73 Å². The monoisotopic (exact) mass is 413 g/mol. The van der Waals surface area contributed by atoms with Crippen molar-refractivity contribution >= 4 is 29.1 Å². The van der Waals surface area contributed by atoms with Crippen LogP contribution >= 0.6 is 11.8 Å². The molecule has 2 aliphatic heterocycles. The number of H-pyrrole nitrogens is 1. The van der Waals surface area contributed by atoms with E-state index in [1.807, 2.05) is 51.1 Å². The van der Waals surface area contributed by atoms with Crippen LogP contribution in [0.5, 0.6) is 0 Å². The fraction of sp³-hybridized carbons (Fsp3) is 0.421. The second-order valence-electron chi connectivity index (χ2n) is 7.72. The lowest BCUT2D eigenvalue weighted by molar-refractivity contribution is -0.151. The predicted octanol–water partition coefficient (Wildman–Crippen LogP) is 0.852. The van der Waals surface area contributed by atoms with Crippen LogP contribution in [-0.2, 0) is 9.59 Å². The number of fused-ring (bicyclic) bond motifs is 1. The predicted molar refractivity (Wildman–Crippen MR) is 109 cm³/mol. The molecular weight excluding hydrogens is 390 g/mol. The van der Waals surface area contributed by atoms with E-state index in [2.05, 4.69) is 25.9 Å². The molecule has 4 rings (SSSR count). The highest BCUT2D eigenvalue weighted by molar-refractivity contribution is 8.01. The lowest BCUT2D eigenvalue weighted by Crippen LogP contribution is -2.68. The first kappa shape index (κ1) is 19.6. The number of nitrogens with one attached hydrogen (secondary N) is 2. The Kier molecular flexibility index (Phi) is 4.91. The number of carbonyl (C=O) groups is 2. The van der Waals surface area contributed by atoms with Crippen molar-refractivity contribution in [3.05, 3.63) is 47.3 Å². The van der Waals surface area contributed by atoms with Gasteiger partial charge in [-0.15, -0.1) is 16.9 Å². The van der Waals surface area contributed by atoms with Crippen LogP contribution in [-0.4, -0.2) is 60.0 Å². The number of tetrazole rings is 1. The summed E-state index contributed by atoms with van der Waals surface area (Å²) in [4.78, 5) is 27.8. The van der Waals surface area contributed by atoms with Gasteiger partial charge in [0.15, 0.2) is 5.82 Å². The maximum atomic E-state index is 13.1. The number of β-lactam (4-membered cyclic amide) rings is 1. The van der Waals surface area contributed by atoms with Gasteiger partial charge in [-0.3, -0.25) is 9.59 Å². The molecule has 2 amide bonds. The third-order valence-corrected chi connectivity index (χ3v) is 6.94. The molecular formula is C19H23N7O2S. The molecule has 29 heavy (non-hydrogen) atoms. The molecule has 2 saturated heterocycles. The molecule has 152 valence electrons. The summed E-state index contributed by atoms with van der Waals surface area (Å²) >= 11 is 1.63. The summed E-state index contributed by atoms with van der Waals surface area (Å²) in [7, 11) is 0. The van der Waals surface area contributed by atoms with E-state index in [1.54, 1.807) is 16.7 Å². The van der Waals surface area contributed by atoms with Gasteiger partial charge in [0, 0.05) is 16.9 Å². The van der Waals surface area contributed by atoms with Crippen LogP contribution in [0.1, 0.15) is 38.2 Å². The molecule has 0 bridgehead atoms. The molecule has 4 N–H and O–H groups in total. The molecule has 3 atom stereocenters. The summed E-state index contributed by atoms with van der Waals surface area (Å²) in [6.07, 6.45) is 0. The Labute approximate surface area is 172 Å². The average Bonchev–Trinajstić information content (AvgIpc) is 3.31. The number of aromatic nitrogens is 4. The van der Waals surface area contributed by atoms with Crippen LogP contribution in [0.15, 0.2) is 35.9 Å². The molecule has 0 spiro atoms. The lowest BCUT2D eigenvalue weighted by Gasteiger charge is -2.44. The average molecular weight is 414 g/mol. The van der Waals surface area contributed by atoms with Crippen LogP contribution in [0, 0.1) is 0 Å². The summed E-state index contributed by atoms with van der Waals surface area (Å²) in [5.41, 5.74) is 7.86. The Morgan fingerprint density at radius 3 is 2.69 bits per heavy atom. The Hall–Kier alpha value is -2.72. The number of carbonyl (C=O) groups excluding carboxylic acids is 2. The smallest absolute Gasteiger partial charge is 0.252 e. The van der Waals surface area contributed by atoms with E-state index in [-0.39, 0.29) is 34.5 Å². The number of nitrogens with zero attached hydrogens (tertiary/aromatic N) is 4. The van der Waals surface area contributed by atoms with E-state index in [1.165, 1.54) is 0 Å². The second kappa shape index (κ2) is 7.27. The zero-order chi connectivity index (χ0) is 20.8. The Bertz CT molecular complexity index is 958. The van der Waals surface area contributed by atoms with Gasteiger partial charge in [0.2, 0.25) is 5.91 Å².